The minimum absolute atomic E-state index is 0.150. The van der Waals surface area contributed by atoms with Crippen molar-refractivity contribution in [1.29, 1.82) is 0 Å². The number of aliphatic hydroxyl groups is 2. The average Bonchev–Trinajstić information content (AvgIpc) is 3.05. The Bertz CT molecular complexity index is 910. The monoisotopic (exact) mass is 462 g/mol. The Morgan fingerprint density at radius 2 is 2.03 bits per heavy atom. The number of hydrogen-bond acceptors (Lipinski definition) is 6. The van der Waals surface area contributed by atoms with Crippen LogP contribution in [0.3, 0.4) is 0 Å². The highest BCUT2D eigenvalue weighted by atomic mass is 19.1. The van der Waals surface area contributed by atoms with Gasteiger partial charge in [0.25, 0.3) is 0 Å². The average molecular weight is 463 g/mol. The van der Waals surface area contributed by atoms with Crippen LogP contribution in [0.5, 0.6) is 0 Å². The van der Waals surface area contributed by atoms with E-state index in [1.54, 1.807) is 6.08 Å². The molecule has 3 fully saturated rings. The first-order valence-electron chi connectivity index (χ1n) is 12.2. The zero-order chi connectivity index (χ0) is 24.2. The SMILES string of the molecule is CCCCC(=O)O[C@@]1(C(=O)CO)CC[C@H]2[C@@H]3CC(F)C4=CC(=O)C=C[C@]4(C)[C@H]3[C@@H](O)C[C@@]21C. The normalized spacial score (nSPS) is 43.9. The van der Waals surface area contributed by atoms with Gasteiger partial charge in [-0.1, -0.05) is 33.3 Å². The summed E-state index contributed by atoms with van der Waals surface area (Å²) in [5.41, 5.74) is -2.81. The molecule has 1 unspecified atom stereocenters. The standard InChI is InChI=1S/C26H35FO6/c1-4-5-6-22(32)33-26(21(31)14-28)10-8-17-16-12-19(27)18-11-15(29)7-9-24(18,2)23(16)20(30)13-25(17,26)3/h7,9,11,16-17,19-20,23,28,30H,4-6,8,10,12-14H2,1-3H3/t16-,17-,19?,20-,23+,24-,25-,26+/m0/s1. The van der Waals surface area contributed by atoms with Gasteiger partial charge >= 0.3 is 5.97 Å². The van der Waals surface area contributed by atoms with E-state index in [0.29, 0.717) is 18.4 Å². The zero-order valence-corrected chi connectivity index (χ0v) is 19.7. The van der Waals surface area contributed by atoms with E-state index in [0.717, 1.165) is 6.42 Å². The van der Waals surface area contributed by atoms with Gasteiger partial charge in [0.05, 0.1) is 6.10 Å². The maximum absolute atomic E-state index is 15.5. The molecule has 8 atom stereocenters. The number of allylic oxidation sites excluding steroid dienone is 4. The van der Waals surface area contributed by atoms with E-state index in [9.17, 15) is 24.6 Å². The summed E-state index contributed by atoms with van der Waals surface area (Å²) in [6, 6.07) is 0. The van der Waals surface area contributed by atoms with Gasteiger partial charge in [0.1, 0.15) is 12.8 Å². The lowest BCUT2D eigenvalue weighted by molar-refractivity contribution is -0.201. The predicted octanol–water partition coefficient (Wildman–Crippen LogP) is 3.25. The second-order valence-electron chi connectivity index (χ2n) is 10.8. The van der Waals surface area contributed by atoms with Crippen molar-refractivity contribution in [1.82, 2.24) is 0 Å². The lowest BCUT2D eigenvalue weighted by Gasteiger charge is -2.60. The number of esters is 1. The van der Waals surface area contributed by atoms with Crippen molar-refractivity contribution < 1.29 is 33.7 Å². The summed E-state index contributed by atoms with van der Waals surface area (Å²) >= 11 is 0. The molecule has 4 aliphatic carbocycles. The van der Waals surface area contributed by atoms with Crippen LogP contribution in [0.25, 0.3) is 0 Å². The summed E-state index contributed by atoms with van der Waals surface area (Å²) in [4.78, 5) is 37.7. The van der Waals surface area contributed by atoms with Gasteiger partial charge in [-0.25, -0.2) is 4.39 Å². The van der Waals surface area contributed by atoms with Gasteiger partial charge in [0.15, 0.2) is 11.4 Å². The fourth-order valence-electron chi connectivity index (χ4n) is 7.70. The van der Waals surface area contributed by atoms with Crippen molar-refractivity contribution in [2.75, 3.05) is 6.61 Å². The lowest BCUT2D eigenvalue weighted by Crippen LogP contribution is -2.63. The highest BCUT2D eigenvalue weighted by molar-refractivity contribution is 6.01. The molecule has 0 aromatic heterocycles. The molecule has 0 aromatic rings. The van der Waals surface area contributed by atoms with E-state index in [2.05, 4.69) is 0 Å². The fraction of sp³-hybridized carbons (Fsp3) is 0.731. The summed E-state index contributed by atoms with van der Waals surface area (Å²) in [6.45, 7) is 4.93. The Morgan fingerprint density at radius 3 is 2.70 bits per heavy atom. The molecule has 7 heteroatoms. The summed E-state index contributed by atoms with van der Waals surface area (Å²) in [5.74, 6) is -2.00. The number of alkyl halides is 1. The third kappa shape index (κ3) is 3.45. The van der Waals surface area contributed by atoms with Gasteiger partial charge in [-0.2, -0.15) is 0 Å². The number of halogens is 1. The van der Waals surface area contributed by atoms with Crippen molar-refractivity contribution >= 4 is 17.5 Å². The summed E-state index contributed by atoms with van der Waals surface area (Å²) in [5, 5.41) is 21.3. The number of unbranched alkanes of at least 4 members (excludes halogenated alkanes) is 1. The molecule has 2 N–H and O–H groups in total. The van der Waals surface area contributed by atoms with Gasteiger partial charge in [-0.15, -0.1) is 0 Å². The third-order valence-corrected chi connectivity index (χ3v) is 9.21. The van der Waals surface area contributed by atoms with Crippen molar-refractivity contribution in [2.45, 2.75) is 83.6 Å². The third-order valence-electron chi connectivity index (χ3n) is 9.21. The van der Waals surface area contributed by atoms with Crippen LogP contribution in [0.4, 0.5) is 4.39 Å². The molecule has 33 heavy (non-hydrogen) atoms. The molecule has 6 nitrogen and oxygen atoms in total. The van der Waals surface area contributed by atoms with Gasteiger partial charge in [0.2, 0.25) is 5.78 Å². The van der Waals surface area contributed by atoms with Gasteiger partial charge < -0.3 is 14.9 Å². The maximum atomic E-state index is 15.5. The van der Waals surface area contributed by atoms with Crippen LogP contribution in [0, 0.1) is 28.6 Å². The number of ketones is 2. The minimum atomic E-state index is -1.52. The first-order valence-corrected chi connectivity index (χ1v) is 12.2. The van der Waals surface area contributed by atoms with E-state index >= 15 is 4.39 Å². The largest absolute Gasteiger partial charge is 0.450 e. The first-order chi connectivity index (χ1) is 15.5. The molecule has 4 rings (SSSR count). The second-order valence-corrected chi connectivity index (χ2v) is 10.8. The highest BCUT2D eigenvalue weighted by Crippen LogP contribution is 2.68. The molecule has 0 heterocycles. The predicted molar refractivity (Wildman–Crippen MR) is 119 cm³/mol. The van der Waals surface area contributed by atoms with Crippen molar-refractivity contribution in [3.63, 3.8) is 0 Å². The fourth-order valence-corrected chi connectivity index (χ4v) is 7.70. The van der Waals surface area contributed by atoms with Crippen LogP contribution in [-0.4, -0.2) is 52.2 Å². The van der Waals surface area contributed by atoms with Crippen LogP contribution in [0.15, 0.2) is 23.8 Å². The van der Waals surface area contributed by atoms with E-state index in [-0.39, 0.29) is 49.2 Å². The quantitative estimate of drug-likeness (QED) is 0.588. The lowest BCUT2D eigenvalue weighted by atomic mass is 9.46. The first kappa shape index (κ1) is 24.3. The van der Waals surface area contributed by atoms with Crippen LogP contribution >= 0.6 is 0 Å². The molecule has 4 aliphatic rings. The van der Waals surface area contributed by atoms with Gasteiger partial charge in [-0.05, 0) is 61.7 Å². The van der Waals surface area contributed by atoms with E-state index < -0.39 is 47.1 Å². The highest BCUT2D eigenvalue weighted by Gasteiger charge is 2.70. The van der Waals surface area contributed by atoms with Crippen LogP contribution in [-0.2, 0) is 19.1 Å². The number of rotatable bonds is 6. The molecular weight excluding hydrogens is 427 g/mol. The van der Waals surface area contributed by atoms with Gasteiger partial charge in [-0.3, -0.25) is 14.4 Å². The molecule has 0 aromatic carbocycles. The van der Waals surface area contributed by atoms with Crippen LogP contribution < -0.4 is 0 Å². The van der Waals surface area contributed by atoms with Crippen LogP contribution in [0.2, 0.25) is 0 Å². The van der Waals surface area contributed by atoms with Crippen molar-refractivity contribution in [3.05, 3.63) is 23.8 Å². The number of carbonyl (C=O) groups is 3. The van der Waals surface area contributed by atoms with Crippen molar-refractivity contribution in [3.8, 4) is 0 Å². The molecule has 0 bridgehead atoms. The number of aliphatic hydroxyl groups excluding tert-OH is 2. The Hall–Kier alpha value is -1.86. The zero-order valence-electron chi connectivity index (χ0n) is 19.7. The Balaban J connectivity index is 1.74. The minimum Gasteiger partial charge on any atom is -0.450 e. The number of fused-ring (bicyclic) bond motifs is 5. The second kappa shape index (κ2) is 8.42. The molecule has 3 saturated carbocycles. The Kier molecular flexibility index (Phi) is 6.19. The maximum Gasteiger partial charge on any atom is 0.306 e. The number of Topliss-reactive ketones (excluding diaryl/α,β-unsaturated/α-hetero) is 1. The number of carbonyl (C=O) groups excluding carboxylic acids is 3. The topological polar surface area (TPSA) is 101 Å². The summed E-state index contributed by atoms with van der Waals surface area (Å²) in [7, 11) is 0. The smallest absolute Gasteiger partial charge is 0.306 e. The molecule has 182 valence electrons. The summed E-state index contributed by atoms with van der Waals surface area (Å²) in [6.07, 6.45) is 5.12. The summed E-state index contributed by atoms with van der Waals surface area (Å²) < 4.78 is 21.4. The van der Waals surface area contributed by atoms with Gasteiger partial charge in [0, 0.05) is 23.2 Å². The molecule has 0 spiro atoms. The number of ether oxygens (including phenoxy) is 1. The van der Waals surface area contributed by atoms with Crippen LogP contribution in [0.1, 0.15) is 65.7 Å². The Morgan fingerprint density at radius 1 is 1.30 bits per heavy atom. The number of hydrogen-bond donors (Lipinski definition) is 2. The molecule has 0 radical (unpaired) electrons. The van der Waals surface area contributed by atoms with E-state index in [4.69, 9.17) is 4.74 Å². The molecule has 0 aliphatic heterocycles. The Labute approximate surface area is 194 Å². The van der Waals surface area contributed by atoms with E-state index in [1.807, 2.05) is 20.8 Å². The molecule has 0 saturated heterocycles. The van der Waals surface area contributed by atoms with Crippen molar-refractivity contribution in [2.24, 2.45) is 28.6 Å². The molecule has 0 amide bonds. The van der Waals surface area contributed by atoms with E-state index in [1.165, 1.54) is 12.2 Å². The molecular formula is C26H35FO6.